The molecule has 0 aliphatic rings. The molecule has 0 aliphatic carbocycles. The van der Waals surface area contributed by atoms with Crippen LogP contribution >= 0.6 is 0 Å². The van der Waals surface area contributed by atoms with Crippen LogP contribution in [-0.4, -0.2) is 45.3 Å². The fraction of sp³-hybridized carbons (Fsp3) is 0.700. The monoisotopic (exact) mass is 201 g/mol. The summed E-state index contributed by atoms with van der Waals surface area (Å²) >= 11 is 0. The van der Waals surface area contributed by atoms with Gasteiger partial charge in [0, 0.05) is 6.54 Å². The first-order valence-corrected chi connectivity index (χ1v) is 4.82. The van der Waals surface area contributed by atoms with Gasteiger partial charge in [-0.15, -0.1) is 0 Å². The second-order valence-corrected chi connectivity index (χ2v) is 2.69. The molecule has 14 heavy (non-hydrogen) atoms. The van der Waals surface area contributed by atoms with Gasteiger partial charge in [0.25, 0.3) is 0 Å². The highest BCUT2D eigenvalue weighted by atomic mass is 16.5. The molecule has 0 bridgehead atoms. The average Bonchev–Trinajstić information content (AvgIpc) is 2.21. The summed E-state index contributed by atoms with van der Waals surface area (Å²) in [5.74, 6) is -0.0994. The third-order valence-electron chi connectivity index (χ3n) is 1.52. The van der Waals surface area contributed by atoms with Crippen LogP contribution in [0.4, 0.5) is 0 Å². The van der Waals surface area contributed by atoms with Gasteiger partial charge in [0.05, 0.1) is 19.8 Å². The van der Waals surface area contributed by atoms with Crippen molar-refractivity contribution in [3.05, 3.63) is 12.7 Å². The fourth-order valence-corrected chi connectivity index (χ4v) is 0.773. The molecule has 4 heteroatoms. The van der Waals surface area contributed by atoms with Crippen LogP contribution in [-0.2, 0) is 14.3 Å². The molecule has 0 amide bonds. The quantitative estimate of drug-likeness (QED) is 0.410. The van der Waals surface area contributed by atoms with E-state index in [-0.39, 0.29) is 12.4 Å². The second-order valence-electron chi connectivity index (χ2n) is 2.69. The van der Waals surface area contributed by atoms with Crippen molar-refractivity contribution < 1.29 is 14.3 Å². The summed E-state index contributed by atoms with van der Waals surface area (Å²) < 4.78 is 10.3. The number of carbonyl (C=O) groups excluding carboxylic acids is 1. The highest BCUT2D eigenvalue weighted by Crippen LogP contribution is 1.80. The lowest BCUT2D eigenvalue weighted by atomic mass is 10.4. The molecule has 0 saturated heterocycles. The van der Waals surface area contributed by atoms with Crippen LogP contribution in [0.2, 0.25) is 0 Å². The number of hydrogen-bond acceptors (Lipinski definition) is 4. The molecule has 0 aliphatic heterocycles. The highest BCUT2D eigenvalue weighted by Gasteiger charge is 1.94. The van der Waals surface area contributed by atoms with Gasteiger partial charge in [-0.3, -0.25) is 4.79 Å². The van der Waals surface area contributed by atoms with Crippen LogP contribution in [0.1, 0.15) is 6.92 Å². The van der Waals surface area contributed by atoms with Crippen LogP contribution in [0.3, 0.4) is 0 Å². The van der Waals surface area contributed by atoms with Crippen molar-refractivity contribution in [2.45, 2.75) is 6.92 Å². The highest BCUT2D eigenvalue weighted by molar-refractivity contribution is 5.90. The molecule has 0 rings (SSSR count). The Balaban J connectivity index is 2.99. The molecule has 0 aromatic carbocycles. The van der Waals surface area contributed by atoms with Crippen molar-refractivity contribution in [2.75, 3.05) is 39.5 Å². The maximum atomic E-state index is 10.7. The van der Waals surface area contributed by atoms with E-state index in [2.05, 4.69) is 11.9 Å². The Morgan fingerprint density at radius 3 is 2.71 bits per heavy atom. The first-order valence-electron chi connectivity index (χ1n) is 4.82. The maximum absolute atomic E-state index is 10.7. The summed E-state index contributed by atoms with van der Waals surface area (Å²) in [6.07, 6.45) is 1.26. The Labute approximate surface area is 85.3 Å². The summed E-state index contributed by atoms with van der Waals surface area (Å²) in [6.45, 7) is 8.93. The largest absolute Gasteiger partial charge is 0.378 e. The van der Waals surface area contributed by atoms with E-state index in [0.717, 1.165) is 13.1 Å². The predicted octanol–water partition coefficient (Wildman–Crippen LogP) is 0.384. The van der Waals surface area contributed by atoms with Crippen molar-refractivity contribution >= 4 is 5.78 Å². The Morgan fingerprint density at radius 1 is 1.36 bits per heavy atom. The number of carbonyl (C=O) groups is 1. The van der Waals surface area contributed by atoms with Crippen LogP contribution in [0.5, 0.6) is 0 Å². The number of ketones is 1. The number of hydrogen-bond donors (Lipinski definition) is 1. The molecular formula is C10H19NO3. The molecule has 0 aromatic heterocycles. The first kappa shape index (κ1) is 13.3. The van der Waals surface area contributed by atoms with E-state index < -0.39 is 0 Å². The third kappa shape index (κ3) is 9.38. The van der Waals surface area contributed by atoms with Gasteiger partial charge in [-0.05, 0) is 12.6 Å². The van der Waals surface area contributed by atoms with E-state index in [1.165, 1.54) is 6.08 Å². The second kappa shape index (κ2) is 10.4. The predicted molar refractivity (Wildman–Crippen MR) is 55.4 cm³/mol. The smallest absolute Gasteiger partial charge is 0.180 e. The molecule has 0 radical (unpaired) electrons. The van der Waals surface area contributed by atoms with E-state index in [1.54, 1.807) is 0 Å². The minimum atomic E-state index is -0.0994. The van der Waals surface area contributed by atoms with Crippen molar-refractivity contribution in [3.8, 4) is 0 Å². The molecule has 0 unspecified atom stereocenters. The summed E-state index contributed by atoms with van der Waals surface area (Å²) in [5.41, 5.74) is 0. The lowest BCUT2D eigenvalue weighted by Gasteiger charge is -2.04. The third-order valence-corrected chi connectivity index (χ3v) is 1.52. The van der Waals surface area contributed by atoms with Crippen molar-refractivity contribution in [1.82, 2.24) is 5.32 Å². The van der Waals surface area contributed by atoms with E-state index in [1.807, 2.05) is 6.92 Å². The lowest BCUT2D eigenvalue weighted by molar-refractivity contribution is -0.119. The molecule has 82 valence electrons. The van der Waals surface area contributed by atoms with E-state index in [0.29, 0.717) is 19.8 Å². The molecule has 1 N–H and O–H groups in total. The molecular weight excluding hydrogens is 182 g/mol. The van der Waals surface area contributed by atoms with Crippen LogP contribution in [0, 0.1) is 0 Å². The number of ether oxygens (including phenoxy) is 2. The molecule has 0 atom stereocenters. The van der Waals surface area contributed by atoms with Crippen molar-refractivity contribution in [1.29, 1.82) is 0 Å². The van der Waals surface area contributed by atoms with Gasteiger partial charge in [0.2, 0.25) is 0 Å². The summed E-state index contributed by atoms with van der Waals surface area (Å²) in [4.78, 5) is 10.7. The SMILES string of the molecule is C=CC(=O)COCCOCCNCC. The normalized spacial score (nSPS) is 10.1. The Morgan fingerprint density at radius 2 is 2.07 bits per heavy atom. The zero-order valence-electron chi connectivity index (χ0n) is 8.75. The van der Waals surface area contributed by atoms with Crippen molar-refractivity contribution in [2.24, 2.45) is 0 Å². The first-order chi connectivity index (χ1) is 6.81. The zero-order chi connectivity index (χ0) is 10.6. The van der Waals surface area contributed by atoms with Crippen LogP contribution in [0.25, 0.3) is 0 Å². The molecule has 0 fully saturated rings. The average molecular weight is 201 g/mol. The standard InChI is InChI=1S/C10H19NO3/c1-3-10(12)9-14-8-7-13-6-5-11-4-2/h3,11H,1,4-9H2,2H3. The Bertz CT molecular complexity index is 159. The molecule has 0 spiro atoms. The van der Waals surface area contributed by atoms with E-state index in [4.69, 9.17) is 9.47 Å². The van der Waals surface area contributed by atoms with Gasteiger partial charge in [0.15, 0.2) is 5.78 Å². The molecule has 0 aromatic rings. The number of rotatable bonds is 10. The summed E-state index contributed by atoms with van der Waals surface area (Å²) in [6, 6.07) is 0. The van der Waals surface area contributed by atoms with E-state index in [9.17, 15) is 4.79 Å². The summed E-state index contributed by atoms with van der Waals surface area (Å²) in [5, 5.41) is 3.13. The van der Waals surface area contributed by atoms with Gasteiger partial charge in [-0.25, -0.2) is 0 Å². The molecule has 0 heterocycles. The maximum Gasteiger partial charge on any atom is 0.180 e. The summed E-state index contributed by atoms with van der Waals surface area (Å²) in [7, 11) is 0. The lowest BCUT2D eigenvalue weighted by Crippen LogP contribution is -2.20. The Hall–Kier alpha value is -0.710. The van der Waals surface area contributed by atoms with Crippen LogP contribution < -0.4 is 5.32 Å². The van der Waals surface area contributed by atoms with Crippen LogP contribution in [0.15, 0.2) is 12.7 Å². The topological polar surface area (TPSA) is 47.6 Å². The van der Waals surface area contributed by atoms with Gasteiger partial charge in [0.1, 0.15) is 6.61 Å². The van der Waals surface area contributed by atoms with E-state index >= 15 is 0 Å². The van der Waals surface area contributed by atoms with Crippen molar-refractivity contribution in [3.63, 3.8) is 0 Å². The fourth-order valence-electron chi connectivity index (χ4n) is 0.773. The zero-order valence-corrected chi connectivity index (χ0v) is 8.75. The number of likely N-dealkylation sites (N-methyl/N-ethyl adjacent to an activating group) is 1. The Kier molecular flexibility index (Phi) is 9.85. The van der Waals surface area contributed by atoms with Gasteiger partial charge >= 0.3 is 0 Å². The number of nitrogens with one attached hydrogen (secondary N) is 1. The molecule has 4 nitrogen and oxygen atoms in total. The minimum Gasteiger partial charge on any atom is -0.378 e. The molecule has 0 saturated carbocycles. The van der Waals surface area contributed by atoms with Gasteiger partial charge < -0.3 is 14.8 Å². The van der Waals surface area contributed by atoms with Gasteiger partial charge in [-0.1, -0.05) is 13.5 Å². The van der Waals surface area contributed by atoms with Gasteiger partial charge in [-0.2, -0.15) is 0 Å². The minimum absolute atomic E-state index is 0.0973.